The number of nitrogens with zero attached hydrogens (tertiary/aromatic N) is 2. The molecule has 0 fully saturated rings. The Kier molecular flexibility index (Phi) is 6.15. The van der Waals surface area contributed by atoms with Crippen LogP contribution < -0.4 is 16.0 Å². The number of hydrogen-bond donors (Lipinski definition) is 3. The highest BCUT2D eigenvalue weighted by molar-refractivity contribution is 7.85. The molecule has 2 amide bonds. The zero-order valence-corrected chi connectivity index (χ0v) is 15.5. The van der Waals surface area contributed by atoms with Crippen LogP contribution in [-0.4, -0.2) is 24.8 Å². The van der Waals surface area contributed by atoms with Gasteiger partial charge in [-0.2, -0.15) is 13.7 Å². The molecular formula is C18H16N4O5S. The van der Waals surface area contributed by atoms with Gasteiger partial charge in [0.2, 0.25) is 5.91 Å². The Balaban J connectivity index is 2.27. The van der Waals surface area contributed by atoms with Gasteiger partial charge in [0.1, 0.15) is 11.6 Å². The molecule has 0 aliphatic rings. The van der Waals surface area contributed by atoms with Crippen molar-refractivity contribution in [3.63, 3.8) is 0 Å². The summed E-state index contributed by atoms with van der Waals surface area (Å²) in [4.78, 5) is 25.1. The molecule has 0 atom stereocenters. The molecule has 2 aromatic rings. The van der Waals surface area contributed by atoms with Crippen molar-refractivity contribution in [3.05, 3.63) is 60.3 Å². The van der Waals surface area contributed by atoms with Crippen molar-refractivity contribution in [3.8, 4) is 6.07 Å². The van der Waals surface area contributed by atoms with E-state index >= 15 is 0 Å². The van der Waals surface area contributed by atoms with Crippen LogP contribution in [0.15, 0.2) is 65.2 Å². The molecule has 0 aliphatic heterocycles. The molecule has 144 valence electrons. The Labute approximate surface area is 161 Å². The Hall–Kier alpha value is -3.68. The zero-order chi connectivity index (χ0) is 20.9. The highest BCUT2D eigenvalue weighted by Crippen LogP contribution is 2.19. The molecule has 10 heteroatoms. The minimum atomic E-state index is -4.33. The van der Waals surface area contributed by atoms with Gasteiger partial charge in [0.25, 0.3) is 16.0 Å². The van der Waals surface area contributed by atoms with E-state index in [0.717, 1.165) is 23.2 Å². The van der Waals surface area contributed by atoms with Crippen molar-refractivity contribution in [2.24, 2.45) is 0 Å². The number of amides is 2. The third kappa shape index (κ3) is 4.94. The molecule has 28 heavy (non-hydrogen) atoms. The largest absolute Gasteiger partial charge is 0.399 e. The van der Waals surface area contributed by atoms with Gasteiger partial charge in [-0.05, 0) is 48.5 Å². The van der Waals surface area contributed by atoms with Crippen LogP contribution in [0.4, 0.5) is 17.1 Å². The lowest BCUT2D eigenvalue weighted by molar-refractivity contribution is -0.123. The molecule has 0 bridgehead atoms. The predicted molar refractivity (Wildman–Crippen MR) is 103 cm³/mol. The van der Waals surface area contributed by atoms with Gasteiger partial charge < -0.3 is 11.1 Å². The van der Waals surface area contributed by atoms with Crippen molar-refractivity contribution in [2.45, 2.75) is 11.8 Å². The van der Waals surface area contributed by atoms with Crippen LogP contribution in [0.3, 0.4) is 0 Å². The van der Waals surface area contributed by atoms with E-state index in [-0.39, 0.29) is 16.2 Å². The fourth-order valence-electron chi connectivity index (χ4n) is 2.21. The fourth-order valence-corrected chi connectivity index (χ4v) is 2.69. The average molecular weight is 400 g/mol. The lowest BCUT2D eigenvalue weighted by Crippen LogP contribution is -2.36. The number of imide groups is 1. The minimum Gasteiger partial charge on any atom is -0.399 e. The van der Waals surface area contributed by atoms with Gasteiger partial charge in [-0.25, -0.2) is 4.90 Å². The highest BCUT2D eigenvalue weighted by atomic mass is 32.2. The first-order valence-corrected chi connectivity index (χ1v) is 9.22. The quantitative estimate of drug-likeness (QED) is 0.298. The third-order valence-electron chi connectivity index (χ3n) is 3.56. The first-order chi connectivity index (χ1) is 13.1. The van der Waals surface area contributed by atoms with Crippen molar-refractivity contribution >= 4 is 39.0 Å². The number of hydrogen-bond acceptors (Lipinski definition) is 7. The second-order valence-electron chi connectivity index (χ2n) is 5.56. The first kappa shape index (κ1) is 20.6. The SMILES string of the molecule is CC(=O)N(C(=O)/C(C#N)=C\Nc1ccc(S(=O)(=O)O)cc1)c1ccc(N)cc1. The van der Waals surface area contributed by atoms with Crippen LogP contribution in [0.5, 0.6) is 0 Å². The smallest absolute Gasteiger partial charge is 0.294 e. The van der Waals surface area contributed by atoms with E-state index in [9.17, 15) is 23.3 Å². The van der Waals surface area contributed by atoms with E-state index in [4.69, 9.17) is 10.3 Å². The summed E-state index contributed by atoms with van der Waals surface area (Å²) >= 11 is 0. The summed E-state index contributed by atoms with van der Waals surface area (Å²) in [5.41, 5.74) is 6.30. The first-order valence-electron chi connectivity index (χ1n) is 7.78. The van der Waals surface area contributed by atoms with E-state index in [2.05, 4.69) is 5.32 Å². The number of rotatable bonds is 5. The van der Waals surface area contributed by atoms with E-state index in [1.807, 2.05) is 0 Å². The fraction of sp³-hybridized carbons (Fsp3) is 0.0556. The number of carbonyl (C=O) groups excluding carboxylic acids is 2. The summed E-state index contributed by atoms with van der Waals surface area (Å²) < 4.78 is 31.0. The second-order valence-corrected chi connectivity index (χ2v) is 6.99. The number of nitrogens with two attached hydrogens (primary N) is 1. The van der Waals surface area contributed by atoms with Gasteiger partial charge >= 0.3 is 0 Å². The topological polar surface area (TPSA) is 154 Å². The summed E-state index contributed by atoms with van der Waals surface area (Å²) in [6.07, 6.45) is 1.10. The number of anilines is 3. The molecule has 0 aromatic heterocycles. The maximum Gasteiger partial charge on any atom is 0.294 e. The minimum absolute atomic E-state index is 0.255. The van der Waals surface area contributed by atoms with Crippen molar-refractivity contribution in [1.82, 2.24) is 0 Å². The molecule has 0 saturated heterocycles. The number of carbonyl (C=O) groups is 2. The van der Waals surface area contributed by atoms with Crippen molar-refractivity contribution in [1.29, 1.82) is 5.26 Å². The van der Waals surface area contributed by atoms with Gasteiger partial charge in [-0.3, -0.25) is 14.1 Å². The van der Waals surface area contributed by atoms with E-state index in [1.54, 1.807) is 6.07 Å². The second kappa shape index (κ2) is 8.34. The summed E-state index contributed by atoms with van der Waals surface area (Å²) in [7, 11) is -4.33. The average Bonchev–Trinajstić information content (AvgIpc) is 2.63. The van der Waals surface area contributed by atoms with Crippen LogP contribution in [0, 0.1) is 11.3 Å². The van der Waals surface area contributed by atoms with Crippen molar-refractivity contribution < 1.29 is 22.6 Å². The van der Waals surface area contributed by atoms with E-state index < -0.39 is 21.9 Å². The molecule has 0 unspecified atom stereocenters. The molecule has 0 radical (unpaired) electrons. The third-order valence-corrected chi connectivity index (χ3v) is 4.42. The molecule has 2 aromatic carbocycles. The molecule has 0 heterocycles. The summed E-state index contributed by atoms with van der Waals surface area (Å²) in [5.74, 6) is -1.43. The molecule has 2 rings (SSSR count). The Bertz CT molecular complexity index is 1070. The zero-order valence-electron chi connectivity index (χ0n) is 14.7. The summed E-state index contributed by atoms with van der Waals surface area (Å²) in [5, 5.41) is 12.0. The van der Waals surface area contributed by atoms with Crippen LogP contribution in [0.2, 0.25) is 0 Å². The van der Waals surface area contributed by atoms with Gasteiger partial charge in [-0.15, -0.1) is 0 Å². The van der Waals surface area contributed by atoms with E-state index in [1.165, 1.54) is 43.3 Å². The standard InChI is InChI=1S/C18H16N4O5S/c1-12(23)22(16-6-2-14(20)3-7-16)18(24)13(10-19)11-21-15-4-8-17(9-5-15)28(25,26)27/h2-9,11,21H,20H2,1H3,(H,25,26,27)/b13-11-. The van der Waals surface area contributed by atoms with Gasteiger partial charge in [0, 0.05) is 24.5 Å². The van der Waals surface area contributed by atoms with E-state index in [0.29, 0.717) is 11.4 Å². The lowest BCUT2D eigenvalue weighted by atomic mass is 10.2. The van der Waals surface area contributed by atoms with Crippen LogP contribution >= 0.6 is 0 Å². The lowest BCUT2D eigenvalue weighted by Gasteiger charge is -2.19. The number of nitrogens with one attached hydrogen (secondary N) is 1. The number of nitrogen functional groups attached to an aromatic ring is 1. The molecule has 0 saturated carbocycles. The molecule has 0 aliphatic carbocycles. The maximum absolute atomic E-state index is 12.6. The number of benzene rings is 2. The molecule has 4 N–H and O–H groups in total. The normalized spacial score (nSPS) is 11.4. The maximum atomic E-state index is 12.6. The highest BCUT2D eigenvalue weighted by Gasteiger charge is 2.24. The van der Waals surface area contributed by atoms with Gasteiger partial charge in [0.15, 0.2) is 0 Å². The molecule has 0 spiro atoms. The molecular weight excluding hydrogens is 384 g/mol. The Morgan fingerprint density at radius 3 is 2.18 bits per heavy atom. The molecule has 9 nitrogen and oxygen atoms in total. The van der Waals surface area contributed by atoms with Crippen LogP contribution in [0.25, 0.3) is 0 Å². The Morgan fingerprint density at radius 2 is 1.71 bits per heavy atom. The summed E-state index contributed by atoms with van der Waals surface area (Å²) in [6.45, 7) is 1.19. The monoisotopic (exact) mass is 400 g/mol. The van der Waals surface area contributed by atoms with Crippen LogP contribution in [0.1, 0.15) is 6.92 Å². The van der Waals surface area contributed by atoms with Gasteiger partial charge in [-0.1, -0.05) is 0 Å². The summed E-state index contributed by atoms with van der Waals surface area (Å²) in [6, 6.07) is 12.7. The number of nitriles is 1. The Morgan fingerprint density at radius 1 is 1.14 bits per heavy atom. The predicted octanol–water partition coefficient (Wildman–Crippen LogP) is 1.91. The van der Waals surface area contributed by atoms with Crippen molar-refractivity contribution in [2.75, 3.05) is 16.0 Å². The van der Waals surface area contributed by atoms with Gasteiger partial charge in [0.05, 0.1) is 10.6 Å². The van der Waals surface area contributed by atoms with Crippen LogP contribution in [-0.2, 0) is 19.7 Å².